The Kier molecular flexibility index (Phi) is 4.66. The molecule has 7 heteroatoms. The predicted molar refractivity (Wildman–Crippen MR) is 101 cm³/mol. The van der Waals surface area contributed by atoms with E-state index in [1.165, 1.54) is 7.11 Å². The van der Waals surface area contributed by atoms with Crippen molar-refractivity contribution in [2.75, 3.05) is 19.1 Å². The summed E-state index contributed by atoms with van der Waals surface area (Å²) in [5.74, 6) is -5.66. The quantitative estimate of drug-likeness (QED) is 0.356. The zero-order valence-electron chi connectivity index (χ0n) is 15.6. The Morgan fingerprint density at radius 2 is 1.59 bits per heavy atom. The molecule has 0 saturated carbocycles. The number of hydrogen-bond donors (Lipinski definition) is 0. The van der Waals surface area contributed by atoms with Crippen LogP contribution in [0.2, 0.25) is 0 Å². The molecule has 1 aliphatic rings. The average Bonchev–Trinajstić information content (AvgIpc) is 2.71. The summed E-state index contributed by atoms with van der Waals surface area (Å²) in [5, 5.41) is 0. The van der Waals surface area contributed by atoms with Crippen molar-refractivity contribution in [2.24, 2.45) is 0 Å². The summed E-state index contributed by atoms with van der Waals surface area (Å²) in [6.07, 6.45) is 0. The minimum atomic E-state index is -1.36. The van der Waals surface area contributed by atoms with Crippen LogP contribution in [0.15, 0.2) is 54.6 Å². The van der Waals surface area contributed by atoms with Gasteiger partial charge >= 0.3 is 5.97 Å². The third kappa shape index (κ3) is 3.08. The normalized spacial score (nSPS) is 14.8. The van der Waals surface area contributed by atoms with Crippen LogP contribution >= 0.6 is 0 Å². The second-order valence-electron chi connectivity index (χ2n) is 6.57. The van der Waals surface area contributed by atoms with E-state index in [1.807, 2.05) is 24.1 Å². The molecule has 0 fully saturated rings. The van der Waals surface area contributed by atoms with Crippen LogP contribution < -0.4 is 14.4 Å². The Bertz CT molecular complexity index is 1120. The van der Waals surface area contributed by atoms with E-state index in [0.717, 1.165) is 5.69 Å². The first-order valence-corrected chi connectivity index (χ1v) is 8.78. The lowest BCUT2D eigenvalue weighted by atomic mass is 9.84. The Morgan fingerprint density at radius 3 is 2.34 bits per heavy atom. The zero-order chi connectivity index (χ0) is 20.7. The van der Waals surface area contributed by atoms with Crippen molar-refractivity contribution in [3.8, 4) is 11.5 Å². The largest absolute Gasteiger partial charge is 0.495 e. The van der Waals surface area contributed by atoms with Crippen LogP contribution in [0, 0.1) is 17.5 Å². The van der Waals surface area contributed by atoms with Gasteiger partial charge < -0.3 is 14.4 Å². The number of para-hydroxylation sites is 2. The van der Waals surface area contributed by atoms with E-state index in [0.29, 0.717) is 34.7 Å². The van der Waals surface area contributed by atoms with E-state index in [-0.39, 0.29) is 0 Å². The summed E-state index contributed by atoms with van der Waals surface area (Å²) in [6.45, 7) is 0. The maximum absolute atomic E-state index is 14.0. The van der Waals surface area contributed by atoms with Gasteiger partial charge in [-0.3, -0.25) is 4.79 Å². The number of nitrogens with zero attached hydrogens (tertiary/aromatic N) is 1. The van der Waals surface area contributed by atoms with Crippen LogP contribution in [0.3, 0.4) is 0 Å². The summed E-state index contributed by atoms with van der Waals surface area (Å²) < 4.78 is 51.3. The molecule has 0 spiro atoms. The highest BCUT2D eigenvalue weighted by Crippen LogP contribution is 2.49. The molecule has 29 heavy (non-hydrogen) atoms. The van der Waals surface area contributed by atoms with Crippen LogP contribution in [0.1, 0.15) is 17.0 Å². The van der Waals surface area contributed by atoms with Crippen LogP contribution in [0.25, 0.3) is 0 Å². The Balaban J connectivity index is 1.83. The Hall–Kier alpha value is -3.48. The number of ether oxygens (including phenoxy) is 2. The van der Waals surface area contributed by atoms with Gasteiger partial charge in [0, 0.05) is 24.9 Å². The van der Waals surface area contributed by atoms with Crippen molar-refractivity contribution in [3.05, 3.63) is 83.2 Å². The van der Waals surface area contributed by atoms with Gasteiger partial charge in [-0.25, -0.2) is 13.2 Å². The number of fused-ring (bicyclic) bond motifs is 2. The Labute approximate surface area is 165 Å². The van der Waals surface area contributed by atoms with Gasteiger partial charge in [-0.2, -0.15) is 0 Å². The first-order valence-electron chi connectivity index (χ1n) is 8.78. The third-order valence-electron chi connectivity index (χ3n) is 4.93. The number of benzene rings is 3. The SMILES string of the molecule is COc1cccc2c1N(C)c1ccccc1C2C(=O)Oc1cc(F)c(F)cc1F. The molecular weight excluding hydrogens is 383 g/mol. The fourth-order valence-corrected chi connectivity index (χ4v) is 3.62. The number of esters is 1. The molecule has 0 bridgehead atoms. The van der Waals surface area contributed by atoms with Gasteiger partial charge in [-0.1, -0.05) is 30.3 Å². The van der Waals surface area contributed by atoms with Crippen molar-refractivity contribution < 1.29 is 27.4 Å². The van der Waals surface area contributed by atoms with Gasteiger partial charge in [0.25, 0.3) is 0 Å². The lowest BCUT2D eigenvalue weighted by Gasteiger charge is -2.35. The van der Waals surface area contributed by atoms with Crippen molar-refractivity contribution in [1.29, 1.82) is 0 Å². The summed E-state index contributed by atoms with van der Waals surface area (Å²) >= 11 is 0. The molecule has 0 saturated heterocycles. The minimum absolute atomic E-state index is 0.345. The van der Waals surface area contributed by atoms with E-state index in [1.54, 1.807) is 30.3 Å². The maximum atomic E-state index is 14.0. The highest BCUT2D eigenvalue weighted by Gasteiger charge is 2.36. The monoisotopic (exact) mass is 399 g/mol. The molecule has 148 valence electrons. The summed E-state index contributed by atoms with van der Waals surface area (Å²) in [7, 11) is 3.37. The van der Waals surface area contributed by atoms with Gasteiger partial charge in [0.2, 0.25) is 0 Å². The second kappa shape index (κ2) is 7.16. The lowest BCUT2D eigenvalue weighted by molar-refractivity contribution is -0.135. The number of carbonyl (C=O) groups excluding carboxylic acids is 1. The van der Waals surface area contributed by atoms with Crippen molar-refractivity contribution in [1.82, 2.24) is 0 Å². The van der Waals surface area contributed by atoms with Gasteiger partial charge in [0.15, 0.2) is 23.2 Å². The molecule has 0 aliphatic carbocycles. The van der Waals surface area contributed by atoms with Gasteiger partial charge in [0.05, 0.1) is 12.8 Å². The van der Waals surface area contributed by atoms with E-state index < -0.39 is 35.1 Å². The predicted octanol–water partition coefficient (Wildman–Crippen LogP) is 4.93. The van der Waals surface area contributed by atoms with Crippen molar-refractivity contribution >= 4 is 17.3 Å². The number of hydrogen-bond acceptors (Lipinski definition) is 4. The fraction of sp³-hybridized carbons (Fsp3) is 0.136. The summed E-state index contributed by atoms with van der Waals surface area (Å²) in [6, 6.07) is 13.3. The molecule has 4 rings (SSSR count). The lowest BCUT2D eigenvalue weighted by Crippen LogP contribution is -2.29. The zero-order valence-corrected chi connectivity index (χ0v) is 15.6. The summed E-state index contributed by atoms with van der Waals surface area (Å²) in [5.41, 5.74) is 2.65. The van der Waals surface area contributed by atoms with E-state index >= 15 is 0 Å². The standard InChI is InChI=1S/C22H16F3NO3/c1-26-17-8-4-3-6-12(17)20(13-7-5-9-18(28-2)21(13)26)22(27)29-19-11-15(24)14(23)10-16(19)25/h3-11,20H,1-2H3. The molecule has 1 unspecified atom stereocenters. The van der Waals surface area contributed by atoms with Crippen LogP contribution in [-0.4, -0.2) is 20.1 Å². The number of halogens is 3. The number of anilines is 2. The first kappa shape index (κ1) is 18.9. The van der Waals surface area contributed by atoms with E-state index in [4.69, 9.17) is 9.47 Å². The van der Waals surface area contributed by atoms with Crippen LogP contribution in [-0.2, 0) is 4.79 Å². The number of carbonyl (C=O) groups is 1. The topological polar surface area (TPSA) is 38.8 Å². The highest BCUT2D eigenvalue weighted by molar-refractivity contribution is 5.93. The maximum Gasteiger partial charge on any atom is 0.323 e. The molecule has 1 heterocycles. The molecule has 3 aromatic rings. The van der Waals surface area contributed by atoms with E-state index in [2.05, 4.69) is 0 Å². The van der Waals surface area contributed by atoms with E-state index in [9.17, 15) is 18.0 Å². The molecule has 0 amide bonds. The van der Waals surface area contributed by atoms with Gasteiger partial charge in [0.1, 0.15) is 11.7 Å². The average molecular weight is 399 g/mol. The van der Waals surface area contributed by atoms with Gasteiger partial charge in [-0.15, -0.1) is 0 Å². The molecule has 3 aromatic carbocycles. The second-order valence-corrected chi connectivity index (χ2v) is 6.57. The molecular formula is C22H16F3NO3. The van der Waals surface area contributed by atoms with Crippen molar-refractivity contribution in [2.45, 2.75) is 5.92 Å². The molecule has 1 atom stereocenters. The first-order chi connectivity index (χ1) is 13.9. The number of rotatable bonds is 3. The highest BCUT2D eigenvalue weighted by atomic mass is 19.2. The Morgan fingerprint density at radius 1 is 0.897 bits per heavy atom. The smallest absolute Gasteiger partial charge is 0.323 e. The molecule has 0 radical (unpaired) electrons. The van der Waals surface area contributed by atoms with Crippen LogP contribution in [0.5, 0.6) is 11.5 Å². The van der Waals surface area contributed by atoms with Crippen molar-refractivity contribution in [3.63, 3.8) is 0 Å². The fourth-order valence-electron chi connectivity index (χ4n) is 3.62. The molecule has 1 aliphatic heterocycles. The van der Waals surface area contributed by atoms with Gasteiger partial charge in [-0.05, 0) is 23.3 Å². The summed E-state index contributed by atoms with van der Waals surface area (Å²) in [4.78, 5) is 15.0. The minimum Gasteiger partial charge on any atom is -0.495 e. The van der Waals surface area contributed by atoms with Crippen LogP contribution in [0.4, 0.5) is 24.5 Å². The molecule has 4 nitrogen and oxygen atoms in total. The third-order valence-corrected chi connectivity index (χ3v) is 4.93. The molecule has 0 aromatic heterocycles. The number of methoxy groups -OCH3 is 1. The molecule has 0 N–H and O–H groups in total.